The maximum Gasteiger partial charge on any atom is 0.0726 e. The van der Waals surface area contributed by atoms with E-state index in [-0.39, 0.29) is 0 Å². The molecule has 4 atom stereocenters. The molecule has 1 N–H and O–H groups in total. The minimum Gasteiger partial charge on any atom is -0.380 e. The fourth-order valence-corrected chi connectivity index (χ4v) is 3.01. The number of hydrogen-bond donors (Lipinski definition) is 1. The number of hydrogen-bond acceptors (Lipinski definition) is 3. The van der Waals surface area contributed by atoms with Gasteiger partial charge in [-0.25, -0.2) is 0 Å². The van der Waals surface area contributed by atoms with Gasteiger partial charge in [-0.05, 0) is 32.6 Å². The summed E-state index contributed by atoms with van der Waals surface area (Å²) in [5, 5.41) is 3.71. The second-order valence-corrected chi connectivity index (χ2v) is 5.17. The van der Waals surface area contributed by atoms with Gasteiger partial charge in [0.15, 0.2) is 0 Å². The predicted molar refractivity (Wildman–Crippen MR) is 64.6 cm³/mol. The van der Waals surface area contributed by atoms with Gasteiger partial charge in [0, 0.05) is 25.8 Å². The van der Waals surface area contributed by atoms with Gasteiger partial charge < -0.3 is 14.8 Å². The van der Waals surface area contributed by atoms with E-state index < -0.39 is 0 Å². The molecule has 1 aliphatic heterocycles. The highest BCUT2D eigenvalue weighted by Gasteiger charge is 2.29. The first kappa shape index (κ1) is 12.3. The Kier molecular flexibility index (Phi) is 4.62. The normalized spacial score (nSPS) is 37.5. The topological polar surface area (TPSA) is 30.5 Å². The molecular weight excluding hydrogens is 202 g/mol. The van der Waals surface area contributed by atoms with Crippen LogP contribution in [0.2, 0.25) is 0 Å². The Morgan fingerprint density at radius 3 is 2.69 bits per heavy atom. The van der Waals surface area contributed by atoms with Gasteiger partial charge in [-0.3, -0.25) is 0 Å². The third-order valence-electron chi connectivity index (χ3n) is 4.00. The van der Waals surface area contributed by atoms with Gasteiger partial charge in [-0.15, -0.1) is 0 Å². The zero-order valence-corrected chi connectivity index (χ0v) is 10.6. The van der Waals surface area contributed by atoms with Crippen LogP contribution in [0.4, 0.5) is 0 Å². The van der Waals surface area contributed by atoms with E-state index in [0.29, 0.717) is 24.3 Å². The highest BCUT2D eigenvalue weighted by atomic mass is 16.5. The van der Waals surface area contributed by atoms with Crippen molar-refractivity contribution in [2.24, 2.45) is 0 Å². The molecule has 0 aromatic carbocycles. The lowest BCUT2D eigenvalue weighted by Gasteiger charge is -2.34. The van der Waals surface area contributed by atoms with Crippen LogP contribution in [0.15, 0.2) is 0 Å². The molecule has 94 valence electrons. The van der Waals surface area contributed by atoms with Crippen LogP contribution in [-0.4, -0.2) is 38.0 Å². The van der Waals surface area contributed by atoms with Crippen LogP contribution in [0, 0.1) is 0 Å². The van der Waals surface area contributed by atoms with Crippen molar-refractivity contribution in [3.05, 3.63) is 0 Å². The van der Waals surface area contributed by atoms with E-state index in [1.165, 1.54) is 38.5 Å². The molecule has 16 heavy (non-hydrogen) atoms. The minimum absolute atomic E-state index is 0.401. The molecule has 4 unspecified atom stereocenters. The Morgan fingerprint density at radius 1 is 1.19 bits per heavy atom. The van der Waals surface area contributed by atoms with Gasteiger partial charge >= 0.3 is 0 Å². The Hall–Kier alpha value is -0.120. The maximum absolute atomic E-state index is 5.72. The van der Waals surface area contributed by atoms with E-state index >= 15 is 0 Å². The van der Waals surface area contributed by atoms with Crippen LogP contribution >= 0.6 is 0 Å². The molecule has 1 saturated heterocycles. The number of ether oxygens (including phenoxy) is 2. The molecule has 0 spiro atoms. The van der Waals surface area contributed by atoms with Gasteiger partial charge in [0.2, 0.25) is 0 Å². The molecular formula is C13H25NO2. The quantitative estimate of drug-likeness (QED) is 0.798. The van der Waals surface area contributed by atoms with E-state index in [0.717, 1.165) is 6.61 Å². The van der Waals surface area contributed by atoms with Crippen LogP contribution in [0.25, 0.3) is 0 Å². The highest BCUT2D eigenvalue weighted by Crippen LogP contribution is 2.23. The van der Waals surface area contributed by atoms with Crippen molar-refractivity contribution < 1.29 is 9.47 Å². The summed E-state index contributed by atoms with van der Waals surface area (Å²) in [6, 6.07) is 0.987. The molecule has 0 radical (unpaired) electrons. The Bertz CT molecular complexity index is 204. The smallest absolute Gasteiger partial charge is 0.0726 e. The summed E-state index contributed by atoms with van der Waals surface area (Å²) in [5.41, 5.74) is 0. The van der Waals surface area contributed by atoms with Crippen molar-refractivity contribution in [2.45, 2.75) is 69.7 Å². The average molecular weight is 227 g/mol. The molecule has 0 bridgehead atoms. The van der Waals surface area contributed by atoms with Crippen molar-refractivity contribution >= 4 is 0 Å². The summed E-state index contributed by atoms with van der Waals surface area (Å²) in [4.78, 5) is 0. The second-order valence-electron chi connectivity index (χ2n) is 5.17. The molecule has 2 rings (SSSR count). The number of rotatable bonds is 4. The first-order chi connectivity index (χ1) is 7.81. The molecule has 0 aromatic rings. The zero-order valence-electron chi connectivity index (χ0n) is 10.6. The van der Waals surface area contributed by atoms with Crippen LogP contribution < -0.4 is 5.32 Å². The van der Waals surface area contributed by atoms with Crippen LogP contribution in [0.3, 0.4) is 0 Å². The fourth-order valence-electron chi connectivity index (χ4n) is 3.01. The van der Waals surface area contributed by atoms with Crippen molar-refractivity contribution in [1.82, 2.24) is 5.32 Å². The summed E-state index contributed by atoms with van der Waals surface area (Å²) in [5.74, 6) is 0. The minimum atomic E-state index is 0.401. The van der Waals surface area contributed by atoms with Gasteiger partial charge in [-0.2, -0.15) is 0 Å². The summed E-state index contributed by atoms with van der Waals surface area (Å²) in [6.07, 6.45) is 8.33. The third kappa shape index (κ3) is 2.96. The summed E-state index contributed by atoms with van der Waals surface area (Å²) in [6.45, 7) is 3.19. The summed E-state index contributed by atoms with van der Waals surface area (Å²) < 4.78 is 11.3. The maximum atomic E-state index is 5.72. The molecule has 1 saturated carbocycles. The average Bonchev–Trinajstić information content (AvgIpc) is 2.83. The summed E-state index contributed by atoms with van der Waals surface area (Å²) in [7, 11) is 1.83. The molecule has 1 heterocycles. The molecule has 1 aliphatic carbocycles. The van der Waals surface area contributed by atoms with Gasteiger partial charge in [-0.1, -0.05) is 12.8 Å². The standard InChI is InChI=1S/C13H25NO2/c1-10(12-8-5-9-16-12)14-11-6-3-4-7-13(11)15-2/h10-14H,3-9H2,1-2H3. The lowest BCUT2D eigenvalue weighted by Crippen LogP contribution is -2.50. The predicted octanol–water partition coefficient (Wildman–Crippen LogP) is 2.10. The Morgan fingerprint density at radius 2 is 2.00 bits per heavy atom. The molecule has 3 heteroatoms. The molecule has 2 fully saturated rings. The van der Waals surface area contributed by atoms with Gasteiger partial charge in [0.1, 0.15) is 0 Å². The van der Waals surface area contributed by atoms with Crippen molar-refractivity contribution in [1.29, 1.82) is 0 Å². The lowest BCUT2D eigenvalue weighted by atomic mass is 9.91. The van der Waals surface area contributed by atoms with E-state index in [9.17, 15) is 0 Å². The highest BCUT2D eigenvalue weighted by molar-refractivity contribution is 4.86. The van der Waals surface area contributed by atoms with E-state index in [2.05, 4.69) is 12.2 Å². The molecule has 3 nitrogen and oxygen atoms in total. The monoisotopic (exact) mass is 227 g/mol. The lowest BCUT2D eigenvalue weighted by molar-refractivity contribution is 0.0222. The third-order valence-corrected chi connectivity index (χ3v) is 4.00. The number of nitrogens with one attached hydrogen (secondary N) is 1. The van der Waals surface area contributed by atoms with Gasteiger partial charge in [0.05, 0.1) is 12.2 Å². The van der Waals surface area contributed by atoms with Crippen LogP contribution in [0.5, 0.6) is 0 Å². The fraction of sp³-hybridized carbons (Fsp3) is 1.00. The van der Waals surface area contributed by atoms with E-state index in [1.807, 2.05) is 7.11 Å². The van der Waals surface area contributed by atoms with E-state index in [1.54, 1.807) is 0 Å². The van der Waals surface area contributed by atoms with Crippen LogP contribution in [0.1, 0.15) is 45.4 Å². The molecule has 2 aliphatic rings. The van der Waals surface area contributed by atoms with Crippen molar-refractivity contribution in [3.8, 4) is 0 Å². The largest absolute Gasteiger partial charge is 0.380 e. The SMILES string of the molecule is COC1CCCCC1NC(C)C1CCCO1. The Balaban J connectivity index is 1.81. The first-order valence-electron chi connectivity index (χ1n) is 6.71. The second kappa shape index (κ2) is 5.99. The zero-order chi connectivity index (χ0) is 11.4. The first-order valence-corrected chi connectivity index (χ1v) is 6.71. The number of methoxy groups -OCH3 is 1. The molecule has 0 aromatic heterocycles. The van der Waals surface area contributed by atoms with Crippen molar-refractivity contribution in [2.75, 3.05) is 13.7 Å². The Labute approximate surface area is 98.9 Å². The molecule has 0 amide bonds. The van der Waals surface area contributed by atoms with E-state index in [4.69, 9.17) is 9.47 Å². The van der Waals surface area contributed by atoms with Crippen LogP contribution in [-0.2, 0) is 9.47 Å². The summed E-state index contributed by atoms with van der Waals surface area (Å²) >= 11 is 0. The van der Waals surface area contributed by atoms with Gasteiger partial charge in [0.25, 0.3) is 0 Å². The van der Waals surface area contributed by atoms with Crippen molar-refractivity contribution in [3.63, 3.8) is 0 Å².